The summed E-state index contributed by atoms with van der Waals surface area (Å²) in [7, 11) is 3.08. The largest absolute Gasteiger partial charge is 0.496 e. The maximum absolute atomic E-state index is 11.5. The van der Waals surface area contributed by atoms with Gasteiger partial charge in [-0.25, -0.2) is 9.78 Å². The number of hydrogen-bond acceptors (Lipinski definition) is 5. The van der Waals surface area contributed by atoms with Gasteiger partial charge in [-0.2, -0.15) is 0 Å². The number of ether oxygens (including phenoxy) is 3. The van der Waals surface area contributed by atoms with E-state index in [1.165, 1.54) is 7.11 Å². The predicted octanol–water partition coefficient (Wildman–Crippen LogP) is 2.04. The number of nitrogens with zero attached hydrogens (tertiary/aromatic N) is 1. The molecule has 1 amide bonds. The Balaban J connectivity index is 2.84. The van der Waals surface area contributed by atoms with Crippen LogP contribution in [0.4, 0.5) is 4.79 Å². The van der Waals surface area contributed by atoms with E-state index in [1.54, 1.807) is 27.0 Å². The molecule has 1 aromatic heterocycles. The van der Waals surface area contributed by atoms with Gasteiger partial charge in [-0.15, -0.1) is 0 Å². The molecule has 0 fully saturated rings. The van der Waals surface area contributed by atoms with E-state index in [-0.39, 0.29) is 12.6 Å². The van der Waals surface area contributed by atoms with Gasteiger partial charge in [-0.1, -0.05) is 0 Å². The molecule has 19 heavy (non-hydrogen) atoms. The van der Waals surface area contributed by atoms with E-state index in [2.05, 4.69) is 10.3 Å². The molecule has 0 saturated heterocycles. The van der Waals surface area contributed by atoms with Crippen LogP contribution in [-0.4, -0.2) is 31.4 Å². The van der Waals surface area contributed by atoms with Gasteiger partial charge in [0.15, 0.2) is 0 Å². The number of aryl methyl sites for hydroxylation is 1. The number of rotatable bonds is 5. The fourth-order valence-corrected chi connectivity index (χ4v) is 1.57. The van der Waals surface area contributed by atoms with Gasteiger partial charge in [0.25, 0.3) is 0 Å². The van der Waals surface area contributed by atoms with Crippen molar-refractivity contribution >= 4 is 6.09 Å². The van der Waals surface area contributed by atoms with Crippen molar-refractivity contribution in [1.29, 1.82) is 0 Å². The molecule has 0 saturated carbocycles. The number of pyridine rings is 1. The highest BCUT2D eigenvalue weighted by atomic mass is 16.6. The van der Waals surface area contributed by atoms with Gasteiger partial charge in [0.2, 0.25) is 5.88 Å². The Hall–Kier alpha value is -1.98. The first-order chi connectivity index (χ1) is 8.97. The third-order valence-electron chi connectivity index (χ3n) is 2.34. The van der Waals surface area contributed by atoms with Gasteiger partial charge in [0.1, 0.15) is 5.75 Å². The minimum absolute atomic E-state index is 0.167. The van der Waals surface area contributed by atoms with Gasteiger partial charge >= 0.3 is 6.09 Å². The van der Waals surface area contributed by atoms with E-state index < -0.39 is 6.09 Å². The van der Waals surface area contributed by atoms with E-state index in [4.69, 9.17) is 14.2 Å². The highest BCUT2D eigenvalue weighted by Gasteiger charge is 2.14. The van der Waals surface area contributed by atoms with Gasteiger partial charge in [0.05, 0.1) is 32.4 Å². The molecule has 6 nitrogen and oxygen atoms in total. The summed E-state index contributed by atoms with van der Waals surface area (Å²) in [6.07, 6.45) is -0.653. The second-order valence-electron chi connectivity index (χ2n) is 4.26. The molecule has 0 radical (unpaired) electrons. The fourth-order valence-electron chi connectivity index (χ4n) is 1.57. The maximum Gasteiger partial charge on any atom is 0.407 e. The summed E-state index contributed by atoms with van der Waals surface area (Å²) >= 11 is 0. The summed E-state index contributed by atoms with van der Waals surface area (Å²) in [6.45, 7) is 5.64. The number of hydrogen-bond donors (Lipinski definition) is 1. The maximum atomic E-state index is 11.5. The highest BCUT2D eigenvalue weighted by Crippen LogP contribution is 2.27. The third kappa shape index (κ3) is 4.31. The molecule has 0 atom stereocenters. The molecule has 1 N–H and O–H groups in total. The number of methoxy groups -OCH3 is 2. The van der Waals surface area contributed by atoms with Gasteiger partial charge in [-0.3, -0.25) is 0 Å². The molecule has 0 aliphatic rings. The van der Waals surface area contributed by atoms with E-state index in [0.29, 0.717) is 17.2 Å². The van der Waals surface area contributed by atoms with E-state index in [9.17, 15) is 4.79 Å². The number of nitrogens with one attached hydrogen (secondary N) is 1. The lowest BCUT2D eigenvalue weighted by atomic mass is 10.2. The van der Waals surface area contributed by atoms with Gasteiger partial charge < -0.3 is 19.5 Å². The molecule has 6 heteroatoms. The van der Waals surface area contributed by atoms with Crippen molar-refractivity contribution in [3.05, 3.63) is 17.3 Å². The molecular weight excluding hydrogens is 248 g/mol. The average molecular weight is 268 g/mol. The Labute approximate surface area is 113 Å². The molecule has 1 heterocycles. The smallest absolute Gasteiger partial charge is 0.407 e. The average Bonchev–Trinajstić information content (AvgIpc) is 2.35. The van der Waals surface area contributed by atoms with Crippen LogP contribution in [0.2, 0.25) is 0 Å². The molecule has 0 aliphatic carbocycles. The molecule has 1 aromatic rings. The van der Waals surface area contributed by atoms with Crippen molar-refractivity contribution in [2.75, 3.05) is 14.2 Å². The second-order valence-corrected chi connectivity index (χ2v) is 4.26. The van der Waals surface area contributed by atoms with Crippen molar-refractivity contribution in [3.8, 4) is 11.6 Å². The monoisotopic (exact) mass is 268 g/mol. The van der Waals surface area contributed by atoms with Crippen LogP contribution in [0, 0.1) is 6.92 Å². The molecule has 0 spiro atoms. The van der Waals surface area contributed by atoms with Crippen molar-refractivity contribution in [1.82, 2.24) is 10.3 Å². The van der Waals surface area contributed by atoms with Crippen LogP contribution in [-0.2, 0) is 11.3 Å². The summed E-state index contributed by atoms with van der Waals surface area (Å²) < 4.78 is 15.5. The Kier molecular flexibility index (Phi) is 5.41. The first kappa shape index (κ1) is 15.1. The SMILES string of the molecule is COc1cc(C)nc(OC)c1CNC(=O)OC(C)C. The van der Waals surface area contributed by atoms with Crippen molar-refractivity contribution in [2.45, 2.75) is 33.4 Å². The second kappa shape index (κ2) is 6.82. The van der Waals surface area contributed by atoms with Crippen LogP contribution >= 0.6 is 0 Å². The topological polar surface area (TPSA) is 69.7 Å². The Morgan fingerprint density at radius 2 is 2.05 bits per heavy atom. The summed E-state index contributed by atoms with van der Waals surface area (Å²) in [5, 5.41) is 2.64. The zero-order valence-corrected chi connectivity index (χ0v) is 11.9. The molecule has 106 valence electrons. The van der Waals surface area contributed by atoms with Crippen LogP contribution in [0.3, 0.4) is 0 Å². The Morgan fingerprint density at radius 1 is 1.37 bits per heavy atom. The lowest BCUT2D eigenvalue weighted by Crippen LogP contribution is -2.26. The number of alkyl carbamates (subject to hydrolysis) is 1. The van der Waals surface area contributed by atoms with Crippen molar-refractivity contribution in [3.63, 3.8) is 0 Å². The fraction of sp³-hybridized carbons (Fsp3) is 0.538. The minimum atomic E-state index is -0.486. The van der Waals surface area contributed by atoms with Crippen LogP contribution in [0.5, 0.6) is 11.6 Å². The summed E-state index contributed by atoms with van der Waals surface area (Å²) in [5.74, 6) is 1.05. The quantitative estimate of drug-likeness (QED) is 0.885. The Bertz CT molecular complexity index is 421. The normalized spacial score (nSPS) is 10.2. The summed E-state index contributed by atoms with van der Waals surface area (Å²) in [4.78, 5) is 15.7. The standard InChI is InChI=1S/C13H20N2O4/c1-8(2)19-13(16)14-7-10-11(17-4)6-9(3)15-12(10)18-5/h6,8H,7H2,1-5H3,(H,14,16). The molecule has 0 bridgehead atoms. The highest BCUT2D eigenvalue weighted by molar-refractivity contribution is 5.67. The molecule has 0 aliphatic heterocycles. The van der Waals surface area contributed by atoms with E-state index in [0.717, 1.165) is 5.69 Å². The molecule has 0 aromatic carbocycles. The third-order valence-corrected chi connectivity index (χ3v) is 2.34. The first-order valence-corrected chi connectivity index (χ1v) is 6.01. The van der Waals surface area contributed by atoms with E-state index in [1.807, 2.05) is 6.92 Å². The number of carbonyl (C=O) groups excluding carboxylic acids is 1. The predicted molar refractivity (Wildman–Crippen MR) is 70.5 cm³/mol. The number of carbonyl (C=O) groups is 1. The lowest BCUT2D eigenvalue weighted by Gasteiger charge is -2.14. The van der Waals surface area contributed by atoms with Crippen molar-refractivity contribution < 1.29 is 19.0 Å². The molecular formula is C13H20N2O4. The first-order valence-electron chi connectivity index (χ1n) is 6.01. The van der Waals surface area contributed by atoms with Crippen molar-refractivity contribution in [2.24, 2.45) is 0 Å². The van der Waals surface area contributed by atoms with Gasteiger partial charge in [0, 0.05) is 11.8 Å². The lowest BCUT2D eigenvalue weighted by molar-refractivity contribution is 0.115. The number of aromatic nitrogens is 1. The van der Waals surface area contributed by atoms with Crippen LogP contribution in [0.15, 0.2) is 6.07 Å². The Morgan fingerprint density at radius 3 is 2.58 bits per heavy atom. The zero-order valence-electron chi connectivity index (χ0n) is 11.9. The van der Waals surface area contributed by atoms with Crippen LogP contribution in [0.25, 0.3) is 0 Å². The van der Waals surface area contributed by atoms with E-state index >= 15 is 0 Å². The number of amides is 1. The molecule has 0 unspecified atom stereocenters. The summed E-state index contributed by atoms with van der Waals surface area (Å²) in [6, 6.07) is 1.79. The minimum Gasteiger partial charge on any atom is -0.496 e. The van der Waals surface area contributed by atoms with Crippen LogP contribution < -0.4 is 14.8 Å². The molecule has 1 rings (SSSR count). The van der Waals surface area contributed by atoms with Crippen LogP contribution in [0.1, 0.15) is 25.1 Å². The summed E-state index contributed by atoms with van der Waals surface area (Å²) in [5.41, 5.74) is 1.46. The zero-order chi connectivity index (χ0) is 14.4. The van der Waals surface area contributed by atoms with Gasteiger partial charge in [-0.05, 0) is 20.8 Å².